The van der Waals surface area contributed by atoms with Crippen LogP contribution in [0.1, 0.15) is 30.2 Å². The molecule has 14 nitrogen and oxygen atoms in total. The lowest BCUT2D eigenvalue weighted by molar-refractivity contribution is -0.0730. The van der Waals surface area contributed by atoms with Gasteiger partial charge < -0.3 is 24.8 Å². The molecular weight excluding hydrogens is 565 g/mol. The molecule has 1 aliphatic rings. The van der Waals surface area contributed by atoms with Crippen LogP contribution in [0, 0.1) is 6.92 Å². The summed E-state index contributed by atoms with van der Waals surface area (Å²) in [5.74, 6) is 0.215. The van der Waals surface area contributed by atoms with Gasteiger partial charge in [0.25, 0.3) is 0 Å². The van der Waals surface area contributed by atoms with Crippen LogP contribution in [0.2, 0.25) is 0 Å². The average Bonchev–Trinajstić information content (AvgIpc) is 3.55. The number of aromatic nitrogens is 6. The normalized spacial score (nSPS) is 22.0. The zero-order chi connectivity index (χ0) is 29.7. The molecule has 5 atom stereocenters. The first-order valence-electron chi connectivity index (χ1n) is 13.4. The molecule has 0 amide bonds. The number of phosphoric acid groups is 1. The molecule has 42 heavy (non-hydrogen) atoms. The number of pyridine rings is 2. The molecule has 15 heteroatoms. The van der Waals surface area contributed by atoms with Gasteiger partial charge in [0.2, 0.25) is 0 Å². The molecule has 0 bridgehead atoms. The summed E-state index contributed by atoms with van der Waals surface area (Å²) in [6, 6.07) is 7.99. The third kappa shape index (κ3) is 6.81. The highest BCUT2D eigenvalue weighted by atomic mass is 31.2. The molecule has 3 N–H and O–H groups in total. The van der Waals surface area contributed by atoms with Crippen molar-refractivity contribution in [2.45, 2.75) is 50.7 Å². The smallest absolute Gasteiger partial charge is 0.382 e. The van der Waals surface area contributed by atoms with Gasteiger partial charge in [-0.15, -0.1) is 0 Å². The number of methoxy groups -OCH3 is 1. The summed E-state index contributed by atoms with van der Waals surface area (Å²) < 4.78 is 42.2. The van der Waals surface area contributed by atoms with Crippen molar-refractivity contribution in [1.82, 2.24) is 29.5 Å². The van der Waals surface area contributed by atoms with Gasteiger partial charge in [-0.05, 0) is 61.6 Å². The van der Waals surface area contributed by atoms with Crippen LogP contribution in [0.15, 0.2) is 49.3 Å². The van der Waals surface area contributed by atoms with Crippen LogP contribution in [0.5, 0.6) is 0 Å². The summed E-state index contributed by atoms with van der Waals surface area (Å²) in [4.78, 5) is 31.7. The highest BCUT2D eigenvalue weighted by Gasteiger charge is 2.50. The van der Waals surface area contributed by atoms with Crippen LogP contribution >= 0.6 is 7.82 Å². The maximum absolute atomic E-state index is 12.5. The second-order valence-corrected chi connectivity index (χ2v) is 11.4. The first-order valence-corrected chi connectivity index (χ1v) is 14.9. The fourth-order valence-corrected chi connectivity index (χ4v) is 5.53. The van der Waals surface area contributed by atoms with E-state index in [4.69, 9.17) is 29.0 Å². The van der Waals surface area contributed by atoms with E-state index in [1.54, 1.807) is 17.0 Å². The summed E-state index contributed by atoms with van der Waals surface area (Å²) in [6.07, 6.45) is 5.37. The van der Waals surface area contributed by atoms with E-state index in [1.807, 2.05) is 31.2 Å². The number of anilines is 1. The van der Waals surface area contributed by atoms with Gasteiger partial charge in [-0.1, -0.05) is 0 Å². The summed E-state index contributed by atoms with van der Waals surface area (Å²) >= 11 is 0. The Bertz CT molecular complexity index is 1550. The number of unbranched alkanes of at least 4 members (excludes halogenated alkanes) is 1. The van der Waals surface area contributed by atoms with Crippen LogP contribution in [0.3, 0.4) is 0 Å². The standard InChI is InChI=1S/C27H34N7O7P/c1-17-7-9-29-19(12-17)20-13-18(8-10-30-20)6-4-5-11-39-24-23(41-42(35,36)38-3)21(14-37-2)40-27(24)34-16-33-22-25(28)31-15-32-26(22)34/h7-10,12-13,15-16,21,23-24,27H,4-6,11,14H2,1-3H3,(H,35,36)(H2,28,31,32)/t21-,23-,24-,27-/m1/s1. The van der Waals surface area contributed by atoms with E-state index < -0.39 is 32.4 Å². The van der Waals surface area contributed by atoms with Crippen LogP contribution in [-0.4, -0.2) is 80.1 Å². The van der Waals surface area contributed by atoms with E-state index in [0.29, 0.717) is 24.2 Å². The van der Waals surface area contributed by atoms with Crippen molar-refractivity contribution in [3.63, 3.8) is 0 Å². The minimum Gasteiger partial charge on any atom is -0.382 e. The highest BCUT2D eigenvalue weighted by Crippen LogP contribution is 2.48. The van der Waals surface area contributed by atoms with Gasteiger partial charge in [-0.2, -0.15) is 0 Å². The molecule has 1 fully saturated rings. The molecule has 1 saturated heterocycles. The van der Waals surface area contributed by atoms with Crippen molar-refractivity contribution in [2.75, 3.05) is 33.2 Å². The van der Waals surface area contributed by atoms with Crippen molar-refractivity contribution in [2.24, 2.45) is 0 Å². The lowest BCUT2D eigenvalue weighted by Gasteiger charge is -2.26. The molecule has 0 radical (unpaired) electrons. The molecule has 1 unspecified atom stereocenters. The number of nitrogens with two attached hydrogens (primary N) is 1. The van der Waals surface area contributed by atoms with E-state index in [1.165, 1.54) is 19.8 Å². The van der Waals surface area contributed by atoms with Gasteiger partial charge in [0, 0.05) is 33.2 Å². The molecule has 4 aromatic heterocycles. The van der Waals surface area contributed by atoms with Crippen LogP contribution in [-0.2, 0) is 34.2 Å². The average molecular weight is 600 g/mol. The van der Waals surface area contributed by atoms with Crippen molar-refractivity contribution in [3.8, 4) is 11.4 Å². The maximum Gasteiger partial charge on any atom is 0.472 e. The monoisotopic (exact) mass is 599 g/mol. The molecule has 1 aliphatic heterocycles. The topological polar surface area (TPSA) is 179 Å². The van der Waals surface area contributed by atoms with Gasteiger partial charge in [0.05, 0.1) is 24.3 Å². The van der Waals surface area contributed by atoms with Crippen molar-refractivity contribution >= 4 is 24.8 Å². The number of hydrogen-bond donors (Lipinski definition) is 2. The summed E-state index contributed by atoms with van der Waals surface area (Å²) in [7, 11) is -1.80. The van der Waals surface area contributed by atoms with Crippen molar-refractivity contribution < 1.29 is 32.7 Å². The van der Waals surface area contributed by atoms with Crippen LogP contribution in [0.4, 0.5) is 5.82 Å². The number of ether oxygens (including phenoxy) is 3. The SMILES string of the molecule is COC[C@H]1O[C@@H](n2cnc3c(N)ncnc32)[C@H](OCCCCc2ccnc(-c3cc(C)ccn3)c2)[C@@H]1OP(=O)(O)OC. The predicted molar refractivity (Wildman–Crippen MR) is 152 cm³/mol. The fourth-order valence-electron chi connectivity index (χ4n) is 4.88. The molecule has 0 saturated carbocycles. The number of hydrogen-bond acceptors (Lipinski definition) is 12. The minimum atomic E-state index is -4.40. The summed E-state index contributed by atoms with van der Waals surface area (Å²) in [5, 5.41) is 0. The van der Waals surface area contributed by atoms with E-state index in [9.17, 15) is 9.46 Å². The molecule has 0 spiro atoms. The lowest BCUT2D eigenvalue weighted by Crippen LogP contribution is -2.38. The third-order valence-electron chi connectivity index (χ3n) is 6.94. The summed E-state index contributed by atoms with van der Waals surface area (Å²) in [6.45, 7) is 2.43. The fraction of sp³-hybridized carbons (Fsp3) is 0.444. The van der Waals surface area contributed by atoms with Crippen LogP contribution < -0.4 is 5.73 Å². The Labute approximate surface area is 242 Å². The number of imidazole rings is 1. The number of fused-ring (bicyclic) bond motifs is 1. The highest BCUT2D eigenvalue weighted by molar-refractivity contribution is 7.47. The largest absolute Gasteiger partial charge is 0.472 e. The Morgan fingerprint density at radius 2 is 1.83 bits per heavy atom. The first kappa shape index (κ1) is 30.1. The van der Waals surface area contributed by atoms with Crippen molar-refractivity contribution in [3.05, 3.63) is 60.4 Å². The molecular formula is C27H34N7O7P. The third-order valence-corrected chi connectivity index (χ3v) is 7.91. The number of rotatable bonds is 13. The summed E-state index contributed by atoms with van der Waals surface area (Å²) in [5.41, 5.74) is 10.7. The predicted octanol–water partition coefficient (Wildman–Crippen LogP) is 3.26. The molecule has 4 aromatic rings. The van der Waals surface area contributed by atoms with E-state index in [-0.39, 0.29) is 12.4 Å². The second kappa shape index (κ2) is 13.3. The Morgan fingerprint density at radius 1 is 1.05 bits per heavy atom. The van der Waals surface area contributed by atoms with E-state index >= 15 is 0 Å². The van der Waals surface area contributed by atoms with Gasteiger partial charge in [0.1, 0.15) is 30.2 Å². The lowest BCUT2D eigenvalue weighted by atomic mass is 10.1. The number of nitrogens with zero attached hydrogens (tertiary/aromatic N) is 6. The van der Waals surface area contributed by atoms with Gasteiger partial charge in [-0.3, -0.25) is 23.6 Å². The van der Waals surface area contributed by atoms with E-state index in [0.717, 1.165) is 42.5 Å². The number of aryl methyl sites for hydroxylation is 2. The Balaban J connectivity index is 1.30. The Morgan fingerprint density at radius 3 is 2.60 bits per heavy atom. The number of phosphoric ester groups is 1. The van der Waals surface area contributed by atoms with E-state index in [2.05, 4.69) is 24.9 Å². The molecule has 5 rings (SSSR count). The number of nitrogen functional groups attached to an aromatic ring is 1. The first-order chi connectivity index (χ1) is 20.3. The molecule has 0 aromatic carbocycles. The zero-order valence-electron chi connectivity index (χ0n) is 23.6. The Hall–Kier alpha value is -3.36. The van der Waals surface area contributed by atoms with Gasteiger partial charge in [0.15, 0.2) is 17.7 Å². The van der Waals surface area contributed by atoms with Gasteiger partial charge >= 0.3 is 7.82 Å². The minimum absolute atomic E-state index is 0.0780. The zero-order valence-corrected chi connectivity index (χ0v) is 24.5. The van der Waals surface area contributed by atoms with Gasteiger partial charge in [-0.25, -0.2) is 19.5 Å². The molecule has 0 aliphatic carbocycles. The quantitative estimate of drug-likeness (QED) is 0.169. The molecule has 224 valence electrons. The second-order valence-electron chi connectivity index (χ2n) is 9.88. The maximum atomic E-state index is 12.5. The molecule has 5 heterocycles. The van der Waals surface area contributed by atoms with Crippen LogP contribution in [0.25, 0.3) is 22.6 Å². The Kier molecular flexibility index (Phi) is 9.53. The van der Waals surface area contributed by atoms with Crippen molar-refractivity contribution in [1.29, 1.82) is 0 Å².